The van der Waals surface area contributed by atoms with Crippen molar-refractivity contribution in [2.75, 3.05) is 5.32 Å². The molecule has 0 saturated heterocycles. The van der Waals surface area contributed by atoms with Gasteiger partial charge in [0.2, 0.25) is 0 Å². The number of aromatic nitrogens is 1. The average molecular weight is 409 g/mol. The fourth-order valence-electron chi connectivity index (χ4n) is 2.96. The van der Waals surface area contributed by atoms with E-state index in [9.17, 15) is 14.7 Å². The molecule has 0 bridgehead atoms. The van der Waals surface area contributed by atoms with Gasteiger partial charge in [-0.15, -0.1) is 11.3 Å². The summed E-state index contributed by atoms with van der Waals surface area (Å²) < 4.78 is 0. The van der Waals surface area contributed by atoms with E-state index in [1.807, 2.05) is 12.1 Å². The molecule has 1 amide bonds. The van der Waals surface area contributed by atoms with Gasteiger partial charge >= 0.3 is 5.97 Å². The van der Waals surface area contributed by atoms with Crippen molar-refractivity contribution in [3.05, 3.63) is 82.3 Å². The molecule has 0 saturated carbocycles. The zero-order valence-electron chi connectivity index (χ0n) is 14.3. The predicted octanol–water partition coefficient (Wildman–Crippen LogP) is 5.57. The molecule has 2 heterocycles. The molecule has 2 aromatic heterocycles. The Bertz CT molecular complexity index is 1200. The molecule has 0 aliphatic carbocycles. The number of halogens is 1. The predicted molar refractivity (Wildman–Crippen MR) is 111 cm³/mol. The molecule has 0 atom stereocenters. The van der Waals surface area contributed by atoms with Gasteiger partial charge in [0.25, 0.3) is 5.91 Å². The summed E-state index contributed by atoms with van der Waals surface area (Å²) in [6, 6.07) is 15.8. The molecule has 0 aliphatic rings. The summed E-state index contributed by atoms with van der Waals surface area (Å²) in [4.78, 5) is 29.0. The van der Waals surface area contributed by atoms with Gasteiger partial charge in [-0.25, -0.2) is 4.79 Å². The summed E-state index contributed by atoms with van der Waals surface area (Å²) >= 11 is 7.08. The second-order valence-corrected chi connectivity index (χ2v) is 7.32. The summed E-state index contributed by atoms with van der Waals surface area (Å²) in [7, 11) is 0. The van der Waals surface area contributed by atoms with E-state index in [1.54, 1.807) is 54.0 Å². The molecule has 28 heavy (non-hydrogen) atoms. The highest BCUT2D eigenvalue weighted by Crippen LogP contribution is 2.36. The molecule has 0 unspecified atom stereocenters. The number of carboxylic acid groups (broad SMARTS) is 1. The van der Waals surface area contributed by atoms with E-state index in [-0.39, 0.29) is 10.6 Å². The number of fused-ring (bicyclic) bond motifs is 1. The highest BCUT2D eigenvalue weighted by molar-refractivity contribution is 7.15. The van der Waals surface area contributed by atoms with E-state index in [4.69, 9.17) is 11.6 Å². The maximum atomic E-state index is 12.8. The molecule has 7 heteroatoms. The molecular formula is C21H13ClN2O3S. The maximum absolute atomic E-state index is 12.8. The largest absolute Gasteiger partial charge is 0.478 e. The Balaban J connectivity index is 1.73. The Morgan fingerprint density at radius 1 is 1.04 bits per heavy atom. The first-order valence-electron chi connectivity index (χ1n) is 8.30. The molecule has 0 spiro atoms. The van der Waals surface area contributed by atoms with Crippen molar-refractivity contribution in [3.63, 3.8) is 0 Å². The van der Waals surface area contributed by atoms with Gasteiger partial charge in [-0.3, -0.25) is 9.78 Å². The van der Waals surface area contributed by atoms with Crippen LogP contribution >= 0.6 is 22.9 Å². The number of para-hydroxylation sites is 1. The lowest BCUT2D eigenvalue weighted by Gasteiger charge is -2.08. The van der Waals surface area contributed by atoms with Crippen LogP contribution in [0.1, 0.15) is 20.7 Å². The second kappa shape index (κ2) is 7.42. The van der Waals surface area contributed by atoms with Crippen molar-refractivity contribution in [3.8, 4) is 11.1 Å². The summed E-state index contributed by atoms with van der Waals surface area (Å²) in [5.74, 6) is -1.52. The van der Waals surface area contributed by atoms with Crippen molar-refractivity contribution in [1.29, 1.82) is 0 Å². The van der Waals surface area contributed by atoms with Gasteiger partial charge in [-0.2, -0.15) is 0 Å². The number of hydrogen-bond donors (Lipinski definition) is 2. The third kappa shape index (κ3) is 3.35. The van der Waals surface area contributed by atoms with Crippen molar-refractivity contribution >= 4 is 50.7 Å². The van der Waals surface area contributed by atoms with Crippen LogP contribution < -0.4 is 5.32 Å². The van der Waals surface area contributed by atoms with E-state index in [0.717, 1.165) is 5.39 Å². The fraction of sp³-hybridized carbons (Fsp3) is 0. The van der Waals surface area contributed by atoms with Gasteiger partial charge in [-0.05, 0) is 29.8 Å². The third-order valence-corrected chi connectivity index (χ3v) is 5.41. The van der Waals surface area contributed by atoms with Gasteiger partial charge in [-0.1, -0.05) is 41.9 Å². The van der Waals surface area contributed by atoms with Crippen LogP contribution in [0.5, 0.6) is 0 Å². The number of hydrogen-bond acceptors (Lipinski definition) is 4. The Morgan fingerprint density at radius 2 is 1.79 bits per heavy atom. The molecule has 4 rings (SSSR count). The van der Waals surface area contributed by atoms with E-state index in [0.29, 0.717) is 27.2 Å². The number of aromatic carboxylic acids is 1. The van der Waals surface area contributed by atoms with Crippen LogP contribution in [0, 0.1) is 0 Å². The van der Waals surface area contributed by atoms with Gasteiger partial charge in [0.05, 0.1) is 11.1 Å². The smallest absolute Gasteiger partial charge is 0.339 e. The minimum atomic E-state index is -1.11. The zero-order valence-corrected chi connectivity index (χ0v) is 15.9. The van der Waals surface area contributed by atoms with Crippen LogP contribution in [0.3, 0.4) is 0 Å². The lowest BCUT2D eigenvalue weighted by atomic mass is 10.0. The molecule has 0 aliphatic heterocycles. The number of nitrogens with zero attached hydrogens (tertiary/aromatic N) is 1. The number of anilines is 1. The number of thiophene rings is 1. The van der Waals surface area contributed by atoms with Crippen LogP contribution in [0.4, 0.5) is 5.00 Å². The third-order valence-electron chi connectivity index (χ3n) is 4.26. The summed E-state index contributed by atoms with van der Waals surface area (Å²) in [6.07, 6.45) is 1.62. The average Bonchev–Trinajstić information content (AvgIpc) is 3.11. The maximum Gasteiger partial charge on any atom is 0.339 e. The Kier molecular flexibility index (Phi) is 4.81. The van der Waals surface area contributed by atoms with E-state index >= 15 is 0 Å². The molecule has 5 nitrogen and oxygen atoms in total. The number of benzene rings is 2. The highest BCUT2D eigenvalue weighted by atomic mass is 35.5. The van der Waals surface area contributed by atoms with E-state index in [2.05, 4.69) is 10.3 Å². The van der Waals surface area contributed by atoms with E-state index in [1.165, 1.54) is 11.3 Å². The number of nitrogens with one attached hydrogen (secondary N) is 1. The number of carbonyl (C=O) groups is 2. The molecule has 138 valence electrons. The van der Waals surface area contributed by atoms with E-state index < -0.39 is 11.9 Å². The second-order valence-electron chi connectivity index (χ2n) is 6.00. The Labute approximate surface area is 169 Å². The first-order valence-corrected chi connectivity index (χ1v) is 9.56. The number of rotatable bonds is 4. The lowest BCUT2D eigenvalue weighted by Crippen LogP contribution is -2.14. The van der Waals surface area contributed by atoms with Crippen LogP contribution in [0.15, 0.2) is 66.2 Å². The van der Waals surface area contributed by atoms with Crippen molar-refractivity contribution in [1.82, 2.24) is 4.98 Å². The number of amides is 1. The van der Waals surface area contributed by atoms with Crippen molar-refractivity contribution in [2.24, 2.45) is 0 Å². The number of carbonyl (C=O) groups excluding carboxylic acids is 1. The van der Waals surface area contributed by atoms with Crippen LogP contribution in [-0.2, 0) is 0 Å². The van der Waals surface area contributed by atoms with Gasteiger partial charge in [0.15, 0.2) is 0 Å². The number of carboxylic acids is 1. The highest BCUT2D eigenvalue weighted by Gasteiger charge is 2.22. The molecule has 2 N–H and O–H groups in total. The standard InChI is InChI=1S/C21H13ClN2O3S/c22-14-8-6-12(7-9-14)16-11-28-20(17(16)21(26)27)24-19(25)15-5-1-3-13-4-2-10-23-18(13)15/h1-11H,(H,24,25)(H,26,27). The molecular weight excluding hydrogens is 396 g/mol. The van der Waals surface area contributed by atoms with Crippen molar-refractivity contribution in [2.45, 2.75) is 0 Å². The van der Waals surface area contributed by atoms with Crippen LogP contribution in [0.2, 0.25) is 5.02 Å². The summed E-state index contributed by atoms with van der Waals surface area (Å²) in [6.45, 7) is 0. The van der Waals surface area contributed by atoms with Gasteiger partial charge < -0.3 is 10.4 Å². The topological polar surface area (TPSA) is 79.3 Å². The van der Waals surface area contributed by atoms with Crippen molar-refractivity contribution < 1.29 is 14.7 Å². The van der Waals surface area contributed by atoms with Crippen LogP contribution in [-0.4, -0.2) is 22.0 Å². The minimum absolute atomic E-state index is 0.0499. The SMILES string of the molecule is O=C(O)c1c(-c2ccc(Cl)cc2)csc1NC(=O)c1cccc2cccnc12. The quantitative estimate of drug-likeness (QED) is 0.462. The summed E-state index contributed by atoms with van der Waals surface area (Å²) in [5.41, 5.74) is 2.24. The molecule has 4 aromatic rings. The van der Waals surface area contributed by atoms with Gasteiger partial charge in [0.1, 0.15) is 10.6 Å². The first kappa shape index (κ1) is 18.2. The Morgan fingerprint density at radius 3 is 2.54 bits per heavy atom. The Hall–Kier alpha value is -3.22. The monoisotopic (exact) mass is 408 g/mol. The minimum Gasteiger partial charge on any atom is -0.478 e. The molecule has 0 fully saturated rings. The zero-order chi connectivity index (χ0) is 19.7. The first-order chi connectivity index (χ1) is 13.5. The molecule has 2 aromatic carbocycles. The lowest BCUT2D eigenvalue weighted by molar-refractivity contribution is 0.0699. The number of pyridine rings is 1. The van der Waals surface area contributed by atoms with Gasteiger partial charge in [0, 0.05) is 27.5 Å². The van der Waals surface area contributed by atoms with Crippen LogP contribution in [0.25, 0.3) is 22.0 Å². The summed E-state index contributed by atoms with van der Waals surface area (Å²) in [5, 5.41) is 15.8. The molecule has 0 radical (unpaired) electrons. The fourth-order valence-corrected chi connectivity index (χ4v) is 4.04. The normalized spacial score (nSPS) is 10.8.